The molecule has 1 fully saturated rings. The number of carbonyl (C=O) groups excluding carboxylic acids is 3. The molecule has 1 rings (SSSR count). The lowest BCUT2D eigenvalue weighted by molar-refractivity contribution is -0.126. The van der Waals surface area contributed by atoms with Crippen molar-refractivity contribution in [3.8, 4) is 0 Å². The first kappa shape index (κ1) is 20.2. The molecule has 8 nitrogen and oxygen atoms in total. The first-order valence-corrected chi connectivity index (χ1v) is 8.49. The largest absolute Gasteiger partial charge is 0.450 e. The molecule has 0 aromatic carbocycles. The molecule has 0 aliphatic carbocycles. The lowest BCUT2D eigenvalue weighted by Gasteiger charge is -2.24. The van der Waals surface area contributed by atoms with E-state index in [9.17, 15) is 19.5 Å². The lowest BCUT2D eigenvalue weighted by atomic mass is 9.97. The van der Waals surface area contributed by atoms with E-state index < -0.39 is 18.2 Å². The van der Waals surface area contributed by atoms with Crippen molar-refractivity contribution in [3.63, 3.8) is 0 Å². The number of aliphatic hydroxyl groups is 1. The Morgan fingerprint density at radius 2 is 2.08 bits per heavy atom. The third-order valence-corrected chi connectivity index (χ3v) is 3.89. The van der Waals surface area contributed by atoms with Crippen molar-refractivity contribution < 1.29 is 24.2 Å². The minimum atomic E-state index is -0.740. The van der Waals surface area contributed by atoms with Gasteiger partial charge in [0, 0.05) is 12.5 Å². The van der Waals surface area contributed by atoms with Gasteiger partial charge in [0.15, 0.2) is 0 Å². The molecule has 138 valence electrons. The Balaban J connectivity index is 2.62. The molecule has 3 atom stereocenters. The zero-order valence-corrected chi connectivity index (χ0v) is 14.6. The van der Waals surface area contributed by atoms with Crippen molar-refractivity contribution in [2.75, 3.05) is 19.8 Å². The van der Waals surface area contributed by atoms with E-state index in [1.165, 1.54) is 0 Å². The number of ether oxygens (including phenoxy) is 1. The van der Waals surface area contributed by atoms with Gasteiger partial charge in [0.2, 0.25) is 11.8 Å². The molecule has 1 saturated heterocycles. The fourth-order valence-corrected chi connectivity index (χ4v) is 2.71. The third-order valence-electron chi connectivity index (χ3n) is 3.89. The second-order valence-electron chi connectivity index (χ2n) is 6.45. The number of amides is 3. The van der Waals surface area contributed by atoms with Gasteiger partial charge in [0.1, 0.15) is 6.04 Å². The summed E-state index contributed by atoms with van der Waals surface area (Å²) in [6.45, 7) is 6.15. The van der Waals surface area contributed by atoms with Gasteiger partial charge in [-0.05, 0) is 32.1 Å². The highest BCUT2D eigenvalue weighted by Gasteiger charge is 2.29. The zero-order chi connectivity index (χ0) is 18.1. The summed E-state index contributed by atoms with van der Waals surface area (Å²) in [5.41, 5.74) is 0. The Hall–Kier alpha value is -1.83. The van der Waals surface area contributed by atoms with E-state index in [2.05, 4.69) is 16.0 Å². The van der Waals surface area contributed by atoms with E-state index in [0.717, 1.165) is 0 Å². The van der Waals surface area contributed by atoms with Crippen molar-refractivity contribution in [2.24, 2.45) is 11.8 Å². The van der Waals surface area contributed by atoms with Gasteiger partial charge in [-0.15, -0.1) is 0 Å². The summed E-state index contributed by atoms with van der Waals surface area (Å²) < 4.78 is 4.82. The summed E-state index contributed by atoms with van der Waals surface area (Å²) in [6.07, 6.45) is 0.880. The predicted molar refractivity (Wildman–Crippen MR) is 88.2 cm³/mol. The van der Waals surface area contributed by atoms with Crippen LogP contribution in [-0.2, 0) is 14.3 Å². The van der Waals surface area contributed by atoms with Crippen LogP contribution in [0.3, 0.4) is 0 Å². The minimum Gasteiger partial charge on any atom is -0.450 e. The highest BCUT2D eigenvalue weighted by Crippen LogP contribution is 2.16. The van der Waals surface area contributed by atoms with Crippen LogP contribution in [0.15, 0.2) is 0 Å². The van der Waals surface area contributed by atoms with Crippen LogP contribution < -0.4 is 16.0 Å². The molecule has 1 aliphatic rings. The molecule has 8 heteroatoms. The van der Waals surface area contributed by atoms with Crippen LogP contribution in [0.1, 0.15) is 40.0 Å². The second-order valence-corrected chi connectivity index (χ2v) is 6.45. The van der Waals surface area contributed by atoms with Gasteiger partial charge in [0.25, 0.3) is 0 Å². The van der Waals surface area contributed by atoms with Crippen molar-refractivity contribution in [3.05, 3.63) is 0 Å². The van der Waals surface area contributed by atoms with Crippen molar-refractivity contribution in [1.82, 2.24) is 16.0 Å². The molecule has 1 aliphatic heterocycles. The average molecular weight is 343 g/mol. The third kappa shape index (κ3) is 6.74. The van der Waals surface area contributed by atoms with Crippen molar-refractivity contribution in [1.29, 1.82) is 0 Å². The summed E-state index contributed by atoms with van der Waals surface area (Å²) in [4.78, 5) is 35.7. The van der Waals surface area contributed by atoms with Gasteiger partial charge >= 0.3 is 6.09 Å². The number of nitrogens with one attached hydrogen (secondary N) is 3. The van der Waals surface area contributed by atoms with E-state index >= 15 is 0 Å². The monoisotopic (exact) mass is 343 g/mol. The molecule has 0 spiro atoms. The molecule has 0 unspecified atom stereocenters. The number of rotatable bonds is 9. The maximum atomic E-state index is 12.5. The van der Waals surface area contributed by atoms with E-state index in [4.69, 9.17) is 4.74 Å². The first-order chi connectivity index (χ1) is 11.4. The molecule has 0 bridgehead atoms. The number of hydrogen-bond donors (Lipinski definition) is 4. The van der Waals surface area contributed by atoms with E-state index in [-0.39, 0.29) is 36.9 Å². The zero-order valence-electron chi connectivity index (χ0n) is 14.6. The summed E-state index contributed by atoms with van der Waals surface area (Å²) in [6, 6.07) is -1.26. The van der Waals surface area contributed by atoms with E-state index in [1.54, 1.807) is 6.92 Å². The van der Waals surface area contributed by atoms with Crippen molar-refractivity contribution in [2.45, 2.75) is 52.1 Å². The first-order valence-electron chi connectivity index (χ1n) is 8.49. The normalized spacial score (nSPS) is 19.5. The van der Waals surface area contributed by atoms with Crippen LogP contribution in [0.4, 0.5) is 4.79 Å². The smallest absolute Gasteiger partial charge is 0.407 e. The van der Waals surface area contributed by atoms with Gasteiger partial charge in [-0.1, -0.05) is 13.8 Å². The van der Waals surface area contributed by atoms with Crippen LogP contribution >= 0.6 is 0 Å². The Bertz CT molecular complexity index is 441. The van der Waals surface area contributed by atoms with Crippen LogP contribution in [0.25, 0.3) is 0 Å². The highest BCUT2D eigenvalue weighted by atomic mass is 16.5. The number of carbonyl (C=O) groups is 3. The van der Waals surface area contributed by atoms with Gasteiger partial charge in [-0.2, -0.15) is 0 Å². The topological polar surface area (TPSA) is 117 Å². The molecule has 4 N–H and O–H groups in total. The standard InChI is InChI=1S/C16H29N3O5/c1-4-24-16(23)19-13(7-10(2)3)15(22)18-12(9-20)8-11-5-6-17-14(11)21/h10-13,20H,4-9H2,1-3H3,(H,17,21)(H,18,22)(H,19,23)/t11-,12-,13-/m0/s1. The van der Waals surface area contributed by atoms with E-state index in [1.807, 2.05) is 13.8 Å². The van der Waals surface area contributed by atoms with Gasteiger partial charge in [-0.3, -0.25) is 9.59 Å². The molecule has 0 saturated carbocycles. The Kier molecular flexibility index (Phi) is 8.53. The maximum absolute atomic E-state index is 12.5. The number of alkyl carbamates (subject to hydrolysis) is 1. The summed E-state index contributed by atoms with van der Waals surface area (Å²) in [7, 11) is 0. The molecular weight excluding hydrogens is 314 g/mol. The van der Waals surface area contributed by atoms with Crippen LogP contribution in [0.5, 0.6) is 0 Å². The second kappa shape index (κ2) is 10.1. The molecule has 0 aromatic heterocycles. The Morgan fingerprint density at radius 3 is 2.58 bits per heavy atom. The van der Waals surface area contributed by atoms with Gasteiger partial charge < -0.3 is 25.8 Å². The molecule has 24 heavy (non-hydrogen) atoms. The Morgan fingerprint density at radius 1 is 1.38 bits per heavy atom. The maximum Gasteiger partial charge on any atom is 0.407 e. The van der Waals surface area contributed by atoms with E-state index in [0.29, 0.717) is 25.8 Å². The predicted octanol–water partition coefficient (Wildman–Crippen LogP) is 0.151. The van der Waals surface area contributed by atoms with Gasteiger partial charge in [0.05, 0.1) is 19.3 Å². The molecule has 3 amide bonds. The van der Waals surface area contributed by atoms with Crippen LogP contribution in [0.2, 0.25) is 0 Å². The fourth-order valence-electron chi connectivity index (χ4n) is 2.71. The molecular formula is C16H29N3O5. The Labute approximate surface area is 142 Å². The van der Waals surface area contributed by atoms with Crippen molar-refractivity contribution >= 4 is 17.9 Å². The van der Waals surface area contributed by atoms with Crippen LogP contribution in [-0.4, -0.2) is 54.9 Å². The SMILES string of the molecule is CCOC(=O)N[C@@H](CC(C)C)C(=O)N[C@H](CO)C[C@@H]1CCNC1=O. The highest BCUT2D eigenvalue weighted by molar-refractivity contribution is 5.86. The number of aliphatic hydroxyl groups excluding tert-OH is 1. The summed E-state index contributed by atoms with van der Waals surface area (Å²) >= 11 is 0. The molecule has 0 radical (unpaired) electrons. The molecule has 1 heterocycles. The minimum absolute atomic E-state index is 0.0499. The lowest BCUT2D eigenvalue weighted by Crippen LogP contribution is -2.51. The summed E-state index contributed by atoms with van der Waals surface area (Å²) in [5, 5.41) is 17.5. The average Bonchev–Trinajstić information content (AvgIpc) is 2.90. The quantitative estimate of drug-likeness (QED) is 0.475. The van der Waals surface area contributed by atoms with Gasteiger partial charge in [-0.25, -0.2) is 4.79 Å². The molecule has 0 aromatic rings. The summed E-state index contributed by atoms with van der Waals surface area (Å²) in [5.74, 6) is -0.444. The number of hydrogen-bond acceptors (Lipinski definition) is 5. The van der Waals surface area contributed by atoms with Crippen LogP contribution in [0, 0.1) is 11.8 Å². The fraction of sp³-hybridized carbons (Fsp3) is 0.812.